The molecule has 20 heavy (non-hydrogen) atoms. The smallest absolute Gasteiger partial charge is 0.308 e. The second-order valence-corrected chi connectivity index (χ2v) is 5.90. The lowest BCUT2D eigenvalue weighted by Gasteiger charge is -2.27. The third-order valence-electron chi connectivity index (χ3n) is 4.56. The van der Waals surface area contributed by atoms with Gasteiger partial charge >= 0.3 is 5.97 Å². The number of benzene rings is 1. The second kappa shape index (κ2) is 6.40. The molecular formula is C17H25NO2. The van der Waals surface area contributed by atoms with Crippen LogP contribution in [0.3, 0.4) is 0 Å². The number of aliphatic carboxylic acids is 1. The van der Waals surface area contributed by atoms with Gasteiger partial charge in [0, 0.05) is 19.1 Å². The zero-order valence-electron chi connectivity index (χ0n) is 12.7. The Balaban J connectivity index is 2.14. The highest BCUT2D eigenvalue weighted by Gasteiger charge is 2.37. The normalized spacial score (nSPS) is 24.8. The molecule has 0 spiro atoms. The van der Waals surface area contributed by atoms with Crippen molar-refractivity contribution in [3.63, 3.8) is 0 Å². The molecule has 1 unspecified atom stereocenters. The summed E-state index contributed by atoms with van der Waals surface area (Å²) in [6.45, 7) is 7.93. The van der Waals surface area contributed by atoms with E-state index in [2.05, 4.69) is 43.0 Å². The highest BCUT2D eigenvalue weighted by Crippen LogP contribution is 2.33. The highest BCUT2D eigenvalue weighted by atomic mass is 16.4. The van der Waals surface area contributed by atoms with Crippen molar-refractivity contribution >= 4 is 5.97 Å². The molecule has 0 amide bonds. The lowest BCUT2D eigenvalue weighted by molar-refractivity contribution is -0.142. The van der Waals surface area contributed by atoms with Crippen LogP contribution < -0.4 is 0 Å². The zero-order chi connectivity index (χ0) is 14.7. The van der Waals surface area contributed by atoms with E-state index in [1.807, 2.05) is 6.92 Å². The summed E-state index contributed by atoms with van der Waals surface area (Å²) in [4.78, 5) is 13.6. The van der Waals surface area contributed by atoms with Crippen LogP contribution in [0, 0.1) is 11.8 Å². The molecule has 0 bridgehead atoms. The molecule has 1 aliphatic heterocycles. The third kappa shape index (κ3) is 3.04. The fourth-order valence-corrected chi connectivity index (χ4v) is 3.26. The highest BCUT2D eigenvalue weighted by molar-refractivity contribution is 5.71. The maximum atomic E-state index is 11.3. The van der Waals surface area contributed by atoms with Crippen LogP contribution in [0.4, 0.5) is 0 Å². The number of carbonyl (C=O) groups is 1. The Bertz CT molecular complexity index is 455. The van der Waals surface area contributed by atoms with Crippen molar-refractivity contribution in [2.24, 2.45) is 11.8 Å². The molecule has 3 heteroatoms. The SMILES string of the molecule is CCc1ccc(C(CC)N2C[C@@H](C)[C@H](C(=O)O)C2)cc1. The van der Waals surface area contributed by atoms with E-state index >= 15 is 0 Å². The summed E-state index contributed by atoms with van der Waals surface area (Å²) in [5, 5.41) is 9.27. The second-order valence-electron chi connectivity index (χ2n) is 5.90. The Labute approximate surface area is 121 Å². The Morgan fingerprint density at radius 1 is 1.30 bits per heavy atom. The molecule has 0 saturated carbocycles. The molecule has 3 atom stereocenters. The van der Waals surface area contributed by atoms with Crippen molar-refractivity contribution in [1.29, 1.82) is 0 Å². The van der Waals surface area contributed by atoms with Crippen molar-refractivity contribution < 1.29 is 9.90 Å². The maximum Gasteiger partial charge on any atom is 0.308 e. The van der Waals surface area contributed by atoms with Gasteiger partial charge in [-0.15, -0.1) is 0 Å². The van der Waals surface area contributed by atoms with Gasteiger partial charge in [0.15, 0.2) is 0 Å². The first kappa shape index (κ1) is 15.0. The van der Waals surface area contributed by atoms with Gasteiger partial charge in [0.05, 0.1) is 5.92 Å². The average Bonchev–Trinajstić information content (AvgIpc) is 2.82. The van der Waals surface area contributed by atoms with Gasteiger partial charge in [-0.05, 0) is 29.9 Å². The number of nitrogens with zero attached hydrogens (tertiary/aromatic N) is 1. The van der Waals surface area contributed by atoms with Gasteiger partial charge in [-0.1, -0.05) is 45.0 Å². The van der Waals surface area contributed by atoms with E-state index in [1.165, 1.54) is 11.1 Å². The summed E-state index contributed by atoms with van der Waals surface area (Å²) in [6.07, 6.45) is 2.07. The first-order valence-corrected chi connectivity index (χ1v) is 7.62. The van der Waals surface area contributed by atoms with E-state index in [4.69, 9.17) is 0 Å². The van der Waals surface area contributed by atoms with Crippen molar-refractivity contribution in [2.75, 3.05) is 13.1 Å². The molecule has 0 radical (unpaired) electrons. The van der Waals surface area contributed by atoms with Gasteiger partial charge in [0.25, 0.3) is 0 Å². The van der Waals surface area contributed by atoms with Gasteiger partial charge in [0.1, 0.15) is 0 Å². The number of carboxylic acids is 1. The van der Waals surface area contributed by atoms with E-state index in [0.29, 0.717) is 12.6 Å². The summed E-state index contributed by atoms with van der Waals surface area (Å²) < 4.78 is 0. The summed E-state index contributed by atoms with van der Waals surface area (Å²) >= 11 is 0. The van der Waals surface area contributed by atoms with Crippen molar-refractivity contribution in [3.05, 3.63) is 35.4 Å². The lowest BCUT2D eigenvalue weighted by atomic mass is 9.99. The summed E-state index contributed by atoms with van der Waals surface area (Å²) in [5.41, 5.74) is 2.66. The van der Waals surface area contributed by atoms with Crippen LogP contribution >= 0.6 is 0 Å². The number of aryl methyl sites for hydroxylation is 1. The minimum atomic E-state index is -0.656. The van der Waals surface area contributed by atoms with Gasteiger partial charge in [-0.3, -0.25) is 9.69 Å². The molecule has 1 N–H and O–H groups in total. The van der Waals surface area contributed by atoms with Crippen molar-refractivity contribution in [1.82, 2.24) is 4.90 Å². The van der Waals surface area contributed by atoms with Crippen LogP contribution in [-0.4, -0.2) is 29.1 Å². The van der Waals surface area contributed by atoms with E-state index < -0.39 is 5.97 Å². The molecule has 1 aliphatic rings. The van der Waals surface area contributed by atoms with Gasteiger partial charge < -0.3 is 5.11 Å². The molecule has 1 saturated heterocycles. The Hall–Kier alpha value is -1.35. The molecular weight excluding hydrogens is 250 g/mol. The van der Waals surface area contributed by atoms with Crippen LogP contribution in [0.1, 0.15) is 44.4 Å². The van der Waals surface area contributed by atoms with Crippen molar-refractivity contribution in [2.45, 2.75) is 39.7 Å². The largest absolute Gasteiger partial charge is 0.481 e. The predicted octanol–water partition coefficient (Wildman–Crippen LogP) is 3.35. The monoisotopic (exact) mass is 275 g/mol. The molecule has 1 fully saturated rings. The van der Waals surface area contributed by atoms with Gasteiger partial charge in [-0.25, -0.2) is 0 Å². The number of likely N-dealkylation sites (tertiary alicyclic amines) is 1. The number of hydrogen-bond donors (Lipinski definition) is 1. The van der Waals surface area contributed by atoms with Gasteiger partial charge in [0.2, 0.25) is 0 Å². The molecule has 1 aromatic rings. The number of carboxylic acid groups (broad SMARTS) is 1. The lowest BCUT2D eigenvalue weighted by Crippen LogP contribution is -2.27. The summed E-state index contributed by atoms with van der Waals surface area (Å²) in [5.74, 6) is -0.647. The molecule has 2 rings (SSSR count). The summed E-state index contributed by atoms with van der Waals surface area (Å²) in [6, 6.07) is 9.11. The average molecular weight is 275 g/mol. The van der Waals surface area contributed by atoms with E-state index in [0.717, 1.165) is 19.4 Å². The summed E-state index contributed by atoms with van der Waals surface area (Å²) in [7, 11) is 0. The molecule has 0 aromatic heterocycles. The molecule has 0 aliphatic carbocycles. The topological polar surface area (TPSA) is 40.5 Å². The molecule has 3 nitrogen and oxygen atoms in total. The maximum absolute atomic E-state index is 11.3. The van der Waals surface area contributed by atoms with E-state index in [9.17, 15) is 9.90 Å². The fraction of sp³-hybridized carbons (Fsp3) is 0.588. The number of rotatable bonds is 5. The molecule has 1 aromatic carbocycles. The standard InChI is InChI=1S/C17H25NO2/c1-4-13-6-8-14(9-7-13)16(5-2)18-10-12(3)15(11-18)17(19)20/h6-9,12,15-16H,4-5,10-11H2,1-3H3,(H,19,20)/t12-,15-,16?/m1/s1. The molecule has 110 valence electrons. The minimum Gasteiger partial charge on any atom is -0.481 e. The van der Waals surface area contributed by atoms with Crippen LogP contribution in [0.5, 0.6) is 0 Å². The predicted molar refractivity (Wildman–Crippen MR) is 80.7 cm³/mol. The fourth-order valence-electron chi connectivity index (χ4n) is 3.26. The third-order valence-corrected chi connectivity index (χ3v) is 4.56. The number of hydrogen-bond acceptors (Lipinski definition) is 2. The van der Waals surface area contributed by atoms with Crippen LogP contribution in [-0.2, 0) is 11.2 Å². The van der Waals surface area contributed by atoms with E-state index in [-0.39, 0.29) is 11.8 Å². The quantitative estimate of drug-likeness (QED) is 0.896. The van der Waals surface area contributed by atoms with Gasteiger partial charge in [-0.2, -0.15) is 0 Å². The first-order valence-electron chi connectivity index (χ1n) is 7.62. The Morgan fingerprint density at radius 3 is 2.40 bits per heavy atom. The first-order chi connectivity index (χ1) is 9.56. The van der Waals surface area contributed by atoms with Crippen LogP contribution in [0.2, 0.25) is 0 Å². The van der Waals surface area contributed by atoms with Crippen LogP contribution in [0.15, 0.2) is 24.3 Å². The Morgan fingerprint density at radius 2 is 1.95 bits per heavy atom. The zero-order valence-corrected chi connectivity index (χ0v) is 12.7. The minimum absolute atomic E-state index is 0.223. The molecule has 1 heterocycles. The van der Waals surface area contributed by atoms with Crippen LogP contribution in [0.25, 0.3) is 0 Å². The Kier molecular flexibility index (Phi) is 4.81. The van der Waals surface area contributed by atoms with Crippen molar-refractivity contribution in [3.8, 4) is 0 Å². The van der Waals surface area contributed by atoms with E-state index in [1.54, 1.807) is 0 Å².